The summed E-state index contributed by atoms with van der Waals surface area (Å²) in [6.07, 6.45) is 1.50. The largest absolute Gasteiger partial charge is 0.497 e. The monoisotopic (exact) mass is 421 g/mol. The first-order valence-electron chi connectivity index (χ1n) is 9.12. The van der Waals surface area contributed by atoms with E-state index in [-0.39, 0.29) is 21.9 Å². The topological polar surface area (TPSA) is 104 Å². The van der Waals surface area contributed by atoms with Crippen LogP contribution in [0.2, 0.25) is 0 Å². The van der Waals surface area contributed by atoms with E-state index in [1.807, 2.05) is 12.1 Å². The zero-order chi connectivity index (χ0) is 21.3. The molecule has 0 fully saturated rings. The van der Waals surface area contributed by atoms with Gasteiger partial charge < -0.3 is 10.5 Å². The van der Waals surface area contributed by atoms with Crippen molar-refractivity contribution in [2.45, 2.75) is 16.3 Å². The van der Waals surface area contributed by atoms with Crippen molar-refractivity contribution in [1.29, 1.82) is 0 Å². The van der Waals surface area contributed by atoms with Crippen molar-refractivity contribution in [3.05, 3.63) is 88.8 Å². The zero-order valence-corrected chi connectivity index (χ0v) is 17.0. The number of nitrogens with two attached hydrogens (primary N) is 1. The van der Waals surface area contributed by atoms with Crippen LogP contribution in [0.3, 0.4) is 0 Å². The molecule has 8 heteroatoms. The van der Waals surface area contributed by atoms with Crippen LogP contribution in [-0.4, -0.2) is 25.3 Å². The lowest BCUT2D eigenvalue weighted by atomic mass is 10.2. The number of sulfone groups is 1. The molecular weight excluding hydrogens is 402 g/mol. The third-order valence-electron chi connectivity index (χ3n) is 4.79. The molecule has 0 atom stereocenters. The van der Waals surface area contributed by atoms with Gasteiger partial charge in [-0.2, -0.15) is 5.10 Å². The summed E-state index contributed by atoms with van der Waals surface area (Å²) in [7, 11) is -2.22. The molecule has 0 unspecified atom stereocenters. The van der Waals surface area contributed by atoms with Crippen molar-refractivity contribution in [1.82, 2.24) is 9.78 Å². The average Bonchev–Trinajstić information content (AvgIpc) is 2.75. The minimum absolute atomic E-state index is 0.0925. The first kappa shape index (κ1) is 19.7. The predicted octanol–water partition coefficient (Wildman–Crippen LogP) is 2.87. The van der Waals surface area contributed by atoms with Gasteiger partial charge in [-0.15, -0.1) is 0 Å². The maximum absolute atomic E-state index is 12.9. The van der Waals surface area contributed by atoms with Crippen LogP contribution in [-0.2, 0) is 16.4 Å². The van der Waals surface area contributed by atoms with Gasteiger partial charge in [0.25, 0.3) is 5.56 Å². The molecular formula is C22H19N3O4S. The maximum atomic E-state index is 12.9. The molecule has 4 aromatic rings. The van der Waals surface area contributed by atoms with E-state index in [4.69, 9.17) is 10.5 Å². The minimum Gasteiger partial charge on any atom is -0.497 e. The Morgan fingerprint density at radius 2 is 1.73 bits per heavy atom. The SMILES string of the molecule is COc1ccc(S(=O)(=O)c2ccc3c(=O)n(Cc4cccc(N)c4)ncc3c2)cc1. The van der Waals surface area contributed by atoms with E-state index in [1.165, 1.54) is 48.3 Å². The van der Waals surface area contributed by atoms with Gasteiger partial charge in [0, 0.05) is 11.1 Å². The number of hydrogen-bond donors (Lipinski definition) is 1. The summed E-state index contributed by atoms with van der Waals surface area (Å²) < 4.78 is 32.3. The van der Waals surface area contributed by atoms with E-state index < -0.39 is 9.84 Å². The summed E-state index contributed by atoms with van der Waals surface area (Å²) in [5.41, 5.74) is 6.94. The Balaban J connectivity index is 1.72. The van der Waals surface area contributed by atoms with Crippen molar-refractivity contribution >= 4 is 26.3 Å². The second-order valence-corrected chi connectivity index (χ2v) is 8.73. The molecule has 4 rings (SSSR count). The van der Waals surface area contributed by atoms with Gasteiger partial charge in [-0.05, 0) is 60.2 Å². The van der Waals surface area contributed by atoms with Crippen molar-refractivity contribution in [2.24, 2.45) is 0 Å². The van der Waals surface area contributed by atoms with Crippen LogP contribution < -0.4 is 16.0 Å². The smallest absolute Gasteiger partial charge is 0.274 e. The Bertz CT molecular complexity index is 1390. The van der Waals surface area contributed by atoms with E-state index >= 15 is 0 Å². The fourth-order valence-corrected chi connectivity index (χ4v) is 4.50. The maximum Gasteiger partial charge on any atom is 0.274 e. The zero-order valence-electron chi connectivity index (χ0n) is 16.1. The van der Waals surface area contributed by atoms with Crippen LogP contribution in [0, 0.1) is 0 Å². The van der Waals surface area contributed by atoms with Gasteiger partial charge in [-0.3, -0.25) is 4.79 Å². The molecule has 30 heavy (non-hydrogen) atoms. The molecule has 0 bridgehead atoms. The number of nitrogen functional groups attached to an aromatic ring is 1. The van der Waals surface area contributed by atoms with Gasteiger partial charge in [0.05, 0.1) is 35.0 Å². The Hall–Kier alpha value is -3.65. The van der Waals surface area contributed by atoms with E-state index in [1.54, 1.807) is 24.3 Å². The standard InChI is InChI=1S/C22H19N3O4S/c1-29-18-5-7-19(8-6-18)30(27,28)20-9-10-21-16(12-20)13-24-25(22(21)26)14-15-3-2-4-17(23)11-15/h2-13H,14,23H2,1H3. The highest BCUT2D eigenvalue weighted by atomic mass is 32.2. The Kier molecular flexibility index (Phi) is 5.01. The molecule has 3 aromatic carbocycles. The quantitative estimate of drug-likeness (QED) is 0.497. The fourth-order valence-electron chi connectivity index (χ4n) is 3.20. The Morgan fingerprint density at radius 3 is 2.43 bits per heavy atom. The molecule has 0 radical (unpaired) electrons. The normalized spacial score (nSPS) is 11.5. The van der Waals surface area contributed by atoms with E-state index in [0.29, 0.717) is 22.2 Å². The summed E-state index contributed by atoms with van der Waals surface area (Å²) >= 11 is 0. The van der Waals surface area contributed by atoms with Crippen LogP contribution >= 0.6 is 0 Å². The minimum atomic E-state index is -3.74. The molecule has 0 saturated carbocycles. The lowest BCUT2D eigenvalue weighted by Crippen LogP contribution is -2.23. The summed E-state index contributed by atoms with van der Waals surface area (Å²) in [4.78, 5) is 13.1. The molecule has 1 heterocycles. The molecule has 0 amide bonds. The highest BCUT2D eigenvalue weighted by molar-refractivity contribution is 7.91. The Morgan fingerprint density at radius 1 is 1.00 bits per heavy atom. The molecule has 2 N–H and O–H groups in total. The summed E-state index contributed by atoms with van der Waals surface area (Å²) in [6.45, 7) is 0.270. The lowest BCUT2D eigenvalue weighted by molar-refractivity contribution is 0.414. The second-order valence-electron chi connectivity index (χ2n) is 6.78. The van der Waals surface area contributed by atoms with Crippen LogP contribution in [0.4, 0.5) is 5.69 Å². The third kappa shape index (κ3) is 3.65. The van der Waals surface area contributed by atoms with Gasteiger partial charge in [-0.25, -0.2) is 13.1 Å². The molecule has 0 aliphatic carbocycles. The van der Waals surface area contributed by atoms with Gasteiger partial charge >= 0.3 is 0 Å². The Labute approximate surface area is 173 Å². The number of aromatic nitrogens is 2. The van der Waals surface area contributed by atoms with Crippen molar-refractivity contribution in [3.63, 3.8) is 0 Å². The molecule has 0 spiro atoms. The highest BCUT2D eigenvalue weighted by Crippen LogP contribution is 2.25. The van der Waals surface area contributed by atoms with Gasteiger partial charge in [0.15, 0.2) is 0 Å². The van der Waals surface area contributed by atoms with E-state index in [2.05, 4.69) is 5.10 Å². The van der Waals surface area contributed by atoms with E-state index in [9.17, 15) is 13.2 Å². The average molecular weight is 421 g/mol. The number of fused-ring (bicyclic) bond motifs is 1. The molecule has 0 saturated heterocycles. The van der Waals surface area contributed by atoms with Crippen molar-refractivity contribution < 1.29 is 13.2 Å². The summed E-state index contributed by atoms with van der Waals surface area (Å²) in [6, 6.07) is 17.8. The van der Waals surface area contributed by atoms with Crippen LogP contribution in [0.5, 0.6) is 5.75 Å². The number of anilines is 1. The number of methoxy groups -OCH3 is 1. The van der Waals surface area contributed by atoms with Gasteiger partial charge in [-0.1, -0.05) is 12.1 Å². The highest BCUT2D eigenvalue weighted by Gasteiger charge is 2.19. The van der Waals surface area contributed by atoms with Crippen LogP contribution in [0.1, 0.15) is 5.56 Å². The summed E-state index contributed by atoms with van der Waals surface area (Å²) in [5, 5.41) is 5.05. The van der Waals surface area contributed by atoms with Crippen molar-refractivity contribution in [3.8, 4) is 5.75 Å². The number of ether oxygens (including phenoxy) is 1. The number of rotatable bonds is 5. The lowest BCUT2D eigenvalue weighted by Gasteiger charge is -2.09. The molecule has 1 aromatic heterocycles. The van der Waals surface area contributed by atoms with Gasteiger partial charge in [0.2, 0.25) is 9.84 Å². The summed E-state index contributed by atoms with van der Waals surface area (Å²) in [5.74, 6) is 0.567. The molecule has 0 aliphatic rings. The van der Waals surface area contributed by atoms with Crippen molar-refractivity contribution in [2.75, 3.05) is 12.8 Å². The fraction of sp³-hybridized carbons (Fsp3) is 0.0909. The number of benzene rings is 3. The molecule has 0 aliphatic heterocycles. The number of nitrogens with zero attached hydrogens (tertiary/aromatic N) is 2. The first-order valence-corrected chi connectivity index (χ1v) is 10.6. The van der Waals surface area contributed by atoms with Crippen LogP contribution in [0.25, 0.3) is 10.8 Å². The predicted molar refractivity (Wildman–Crippen MR) is 114 cm³/mol. The second kappa shape index (κ2) is 7.64. The van der Waals surface area contributed by atoms with E-state index in [0.717, 1.165) is 5.56 Å². The molecule has 152 valence electrons. The first-order chi connectivity index (χ1) is 14.4. The van der Waals surface area contributed by atoms with Crippen LogP contribution in [0.15, 0.2) is 87.5 Å². The van der Waals surface area contributed by atoms with Gasteiger partial charge in [0.1, 0.15) is 5.75 Å². The number of hydrogen-bond acceptors (Lipinski definition) is 6. The molecule has 7 nitrogen and oxygen atoms in total. The third-order valence-corrected chi connectivity index (χ3v) is 6.55.